The van der Waals surface area contributed by atoms with Crippen molar-refractivity contribution in [2.45, 2.75) is 142 Å². The van der Waals surface area contributed by atoms with Crippen LogP contribution in [0.4, 0.5) is 0 Å². The van der Waals surface area contributed by atoms with Crippen LogP contribution in [-0.4, -0.2) is 11.3 Å². The van der Waals surface area contributed by atoms with Crippen LogP contribution in [0.2, 0.25) is 0 Å². The number of hydrogen-bond donors (Lipinski definition) is 0. The molecule has 0 saturated heterocycles. The zero-order valence-electron chi connectivity index (χ0n) is 26.4. The summed E-state index contributed by atoms with van der Waals surface area (Å²) in [5.41, 5.74) is 9.71. The Bertz CT molecular complexity index is 952. The Morgan fingerprint density at radius 3 is 1.57 bits per heavy atom. The van der Waals surface area contributed by atoms with E-state index >= 15 is 0 Å². The van der Waals surface area contributed by atoms with Gasteiger partial charge in [-0.3, -0.25) is 0 Å². The van der Waals surface area contributed by atoms with E-state index in [4.69, 9.17) is 0 Å². The quantitative estimate of drug-likeness (QED) is 0.149. The summed E-state index contributed by atoms with van der Waals surface area (Å²) in [5, 5.41) is 1.75. The van der Waals surface area contributed by atoms with Crippen LogP contribution < -0.4 is 5.30 Å². The first-order valence-corrected chi connectivity index (χ1v) is 19.4. The van der Waals surface area contributed by atoms with Gasteiger partial charge in [-0.1, -0.05) is 124 Å². The van der Waals surface area contributed by atoms with Crippen LogP contribution in [0.3, 0.4) is 0 Å². The van der Waals surface area contributed by atoms with Crippen molar-refractivity contribution >= 4 is 22.8 Å². The number of hydrogen-bond acceptors (Lipinski definition) is 0. The van der Waals surface area contributed by atoms with Crippen LogP contribution in [0.15, 0.2) is 49.1 Å². The molecule has 2 aromatic rings. The fourth-order valence-electron chi connectivity index (χ4n) is 6.59. The van der Waals surface area contributed by atoms with Crippen LogP contribution in [0, 0.1) is 6.42 Å². The minimum absolute atomic E-state index is 0.120. The van der Waals surface area contributed by atoms with Crippen LogP contribution in [0.1, 0.15) is 147 Å². The van der Waals surface area contributed by atoms with E-state index < -0.39 is 0 Å². The Morgan fingerprint density at radius 1 is 0.775 bits per heavy atom. The first-order chi connectivity index (χ1) is 19.3. The van der Waals surface area contributed by atoms with Crippen molar-refractivity contribution < 1.29 is 18.2 Å². The van der Waals surface area contributed by atoms with Crippen LogP contribution in [-0.2, 0) is 18.2 Å². The number of rotatable bonds is 8. The molecule has 40 heavy (non-hydrogen) atoms. The molecule has 2 fully saturated rings. The van der Waals surface area contributed by atoms with Crippen LogP contribution >= 0.6 is 17.5 Å². The van der Waals surface area contributed by atoms with Gasteiger partial charge in [0.1, 0.15) is 0 Å². The second-order valence-corrected chi connectivity index (χ2v) is 15.4. The van der Waals surface area contributed by atoms with Gasteiger partial charge >= 0.3 is 27.7 Å². The van der Waals surface area contributed by atoms with Crippen molar-refractivity contribution in [1.82, 2.24) is 0 Å². The molecule has 226 valence electrons. The molecule has 0 heterocycles. The summed E-state index contributed by atoms with van der Waals surface area (Å²) >= 11 is 2.22. The zero-order chi connectivity index (χ0) is 29.7. The van der Waals surface area contributed by atoms with Crippen molar-refractivity contribution in [2.24, 2.45) is 0 Å². The molecule has 0 nitrogen and oxygen atoms in total. The van der Waals surface area contributed by atoms with Crippen molar-refractivity contribution in [1.29, 1.82) is 0 Å². The molecule has 2 saturated carbocycles. The SMILES string of the molecule is C=C[CH-]C.CC(C)c1cc(C(C)C)c(-c2ccccc2P(C2CCCCC2)C2CCCCC2)c(C(C)C)c1.[Cl][Pd+]. The van der Waals surface area contributed by atoms with Crippen LogP contribution in [0.25, 0.3) is 11.1 Å². The van der Waals surface area contributed by atoms with Crippen molar-refractivity contribution in [3.05, 3.63) is 72.2 Å². The van der Waals surface area contributed by atoms with Gasteiger partial charge in [-0.05, 0) is 87.9 Å². The number of halogens is 1. The Morgan fingerprint density at radius 2 is 1.20 bits per heavy atom. The van der Waals surface area contributed by atoms with Gasteiger partial charge in [-0.25, -0.2) is 19.1 Å². The molecule has 0 aromatic heterocycles. The zero-order valence-corrected chi connectivity index (χ0v) is 29.6. The predicted octanol–water partition coefficient (Wildman–Crippen LogP) is 12.6. The maximum atomic E-state index is 4.49. The number of benzene rings is 2. The van der Waals surface area contributed by atoms with Gasteiger partial charge in [0.15, 0.2) is 0 Å². The minimum atomic E-state index is -0.120. The molecule has 0 unspecified atom stereocenters. The van der Waals surface area contributed by atoms with Gasteiger partial charge in [0.25, 0.3) is 0 Å². The van der Waals surface area contributed by atoms with Crippen molar-refractivity contribution in [3.63, 3.8) is 0 Å². The van der Waals surface area contributed by atoms with E-state index in [2.05, 4.69) is 112 Å². The van der Waals surface area contributed by atoms with Gasteiger partial charge in [0, 0.05) is 0 Å². The third kappa shape index (κ3) is 9.74. The molecule has 0 N–H and O–H groups in total. The van der Waals surface area contributed by atoms with E-state index in [-0.39, 0.29) is 7.92 Å². The van der Waals surface area contributed by atoms with Crippen LogP contribution in [0.5, 0.6) is 0 Å². The third-order valence-corrected chi connectivity index (χ3v) is 12.3. The van der Waals surface area contributed by atoms with Gasteiger partial charge in [-0.2, -0.15) is 0 Å². The molecule has 2 aromatic carbocycles. The Balaban J connectivity index is 0.000000858. The second-order valence-electron chi connectivity index (χ2n) is 12.6. The second kappa shape index (κ2) is 18.9. The first-order valence-electron chi connectivity index (χ1n) is 15.9. The predicted molar refractivity (Wildman–Crippen MR) is 180 cm³/mol. The Labute approximate surface area is 264 Å². The van der Waals surface area contributed by atoms with E-state index in [0.717, 1.165) is 11.3 Å². The van der Waals surface area contributed by atoms with Crippen molar-refractivity contribution in [3.8, 4) is 11.1 Å². The molecular formula is C37H56ClPPd. The molecule has 2 aliphatic carbocycles. The topological polar surface area (TPSA) is 0 Å². The Kier molecular flexibility index (Phi) is 16.8. The standard InChI is InChI=1S/C33H49P.C4H7.ClH.Pd/c1-23(2)26-21-30(24(3)4)33(31(22-26)25(5)6)29-19-13-14-20-32(29)34(27-15-9-7-10-16-27)28-17-11-8-12-18-28;1-3-4-2;;/h13-14,19-25,27-28H,7-12,15-18H2,1-6H3;3-4H,1H2,2H3;1H;/q;-1;;+2/p-1. The fraction of sp³-hybridized carbons (Fsp3) is 0.595. The first kappa shape index (κ1) is 35.6. The molecule has 0 amide bonds. The molecule has 2 aliphatic rings. The molecule has 0 bridgehead atoms. The maximum absolute atomic E-state index is 4.49. The van der Waals surface area contributed by atoms with Gasteiger partial charge in [-0.15, -0.1) is 6.92 Å². The summed E-state index contributed by atoms with van der Waals surface area (Å²) in [7, 11) is 4.37. The molecule has 3 heteroatoms. The third-order valence-electron chi connectivity index (χ3n) is 8.76. The Hall–Kier alpha value is -0.568. The summed E-state index contributed by atoms with van der Waals surface area (Å²) in [5.74, 6) is 1.64. The fourth-order valence-corrected chi connectivity index (χ4v) is 10.5. The monoisotopic (exact) mass is 672 g/mol. The number of allylic oxidation sites excluding steroid dienone is 1. The summed E-state index contributed by atoms with van der Waals surface area (Å²) in [6, 6.07) is 14.8. The molecule has 4 rings (SSSR count). The van der Waals surface area contributed by atoms with E-state index in [1.165, 1.54) is 69.8 Å². The summed E-state index contributed by atoms with van der Waals surface area (Å²) in [4.78, 5) is 0. The summed E-state index contributed by atoms with van der Waals surface area (Å²) < 4.78 is 0. The normalized spacial score (nSPS) is 16.4. The average molecular weight is 674 g/mol. The van der Waals surface area contributed by atoms with Gasteiger partial charge in [0.2, 0.25) is 0 Å². The van der Waals surface area contributed by atoms with E-state index in [1.54, 1.807) is 33.6 Å². The van der Waals surface area contributed by atoms with Gasteiger partial charge < -0.3 is 0 Å². The summed E-state index contributed by atoms with van der Waals surface area (Å²) in [6.07, 6.45) is 18.2. The molecule has 0 spiro atoms. The molecule has 0 atom stereocenters. The average Bonchev–Trinajstić information content (AvgIpc) is 2.99. The molecule has 0 radical (unpaired) electrons. The summed E-state index contributed by atoms with van der Waals surface area (Å²) in [6.45, 7) is 19.7. The van der Waals surface area contributed by atoms with E-state index in [9.17, 15) is 0 Å². The van der Waals surface area contributed by atoms with E-state index in [0.29, 0.717) is 17.8 Å². The van der Waals surface area contributed by atoms with E-state index in [1.807, 2.05) is 13.3 Å². The molecular weight excluding hydrogens is 617 g/mol. The van der Waals surface area contributed by atoms with Crippen molar-refractivity contribution in [2.75, 3.05) is 0 Å². The molecule has 0 aliphatic heterocycles. The van der Waals surface area contributed by atoms with Gasteiger partial charge in [0.05, 0.1) is 0 Å².